The van der Waals surface area contributed by atoms with Gasteiger partial charge in [0.05, 0.1) is 28.9 Å². The maximum Gasteiger partial charge on any atom is 0.428 e. The van der Waals surface area contributed by atoms with Gasteiger partial charge in [-0.15, -0.1) is 0 Å². The lowest BCUT2D eigenvalue weighted by Gasteiger charge is -2.08. The molecule has 50 heavy (non-hydrogen) atoms. The van der Waals surface area contributed by atoms with E-state index in [2.05, 4.69) is 188 Å². The Labute approximate surface area is 307 Å². The van der Waals surface area contributed by atoms with Crippen LogP contribution in [0.3, 0.4) is 0 Å². The van der Waals surface area contributed by atoms with Crippen LogP contribution in [0.2, 0.25) is 0 Å². The Bertz CT molecular complexity index is 2540. The molecule has 0 aliphatic carbocycles. The largest absolute Gasteiger partial charge is 0.428 e. The monoisotopic (exact) mass is 709 g/mol. The van der Waals surface area contributed by atoms with E-state index < -0.39 is 8.80 Å². The number of thiophene rings is 1. The molecule has 0 amide bonds. The predicted octanol–water partition coefficient (Wildman–Crippen LogP) is 9.86. The molecule has 0 N–H and O–H groups in total. The Hall–Kier alpha value is -4.84. The molecule has 0 atom stereocenters. The highest BCUT2D eigenvalue weighted by atomic mass is 32.2. The lowest BCUT2D eigenvalue weighted by atomic mass is 9.98. The van der Waals surface area contributed by atoms with Gasteiger partial charge in [0.15, 0.2) is 9.79 Å². The summed E-state index contributed by atoms with van der Waals surface area (Å²) in [5.74, 6) is 0. The molecular formula is C46H33S3Si+3. The molecule has 0 saturated carbocycles. The van der Waals surface area contributed by atoms with Crippen molar-refractivity contribution < 1.29 is 0 Å². The van der Waals surface area contributed by atoms with Gasteiger partial charge < -0.3 is 0 Å². The van der Waals surface area contributed by atoms with Gasteiger partial charge in [0, 0.05) is 4.70 Å². The topological polar surface area (TPSA) is 0 Å². The normalized spacial score (nSPS) is 11.4. The number of fused-ring (bicyclic) bond motifs is 3. The highest BCUT2D eigenvalue weighted by Crippen LogP contribution is 2.39. The summed E-state index contributed by atoms with van der Waals surface area (Å²) in [5, 5.41) is 10.7. The van der Waals surface area contributed by atoms with E-state index in [4.69, 9.17) is 0 Å². The van der Waals surface area contributed by atoms with Crippen LogP contribution in [-0.2, 0) is 23.5 Å². The van der Waals surface area contributed by atoms with Crippen LogP contribution < -0.4 is 15.6 Å². The summed E-state index contributed by atoms with van der Waals surface area (Å²) in [6.07, 6.45) is 0. The van der Waals surface area contributed by atoms with Gasteiger partial charge in [-0.25, -0.2) is 0 Å². The van der Waals surface area contributed by atoms with Crippen LogP contribution in [0.5, 0.6) is 0 Å². The van der Waals surface area contributed by atoms with Gasteiger partial charge >= 0.3 is 8.80 Å². The van der Waals surface area contributed by atoms with Gasteiger partial charge in [-0.3, -0.25) is 0 Å². The number of rotatable bonds is 8. The minimum atomic E-state index is -1.12. The van der Waals surface area contributed by atoms with Gasteiger partial charge in [0.25, 0.3) is 4.21 Å². The summed E-state index contributed by atoms with van der Waals surface area (Å²) in [6, 6.07) is 69.6. The van der Waals surface area contributed by atoms with E-state index in [0.717, 1.165) is 0 Å². The van der Waals surface area contributed by atoms with Crippen LogP contribution in [-0.4, -0.2) is 8.80 Å². The first-order chi connectivity index (χ1) is 24.7. The zero-order valence-corrected chi connectivity index (χ0v) is 30.8. The summed E-state index contributed by atoms with van der Waals surface area (Å²) in [6.45, 7) is 0. The number of hydrogen-bond acceptors (Lipinski definition) is 1. The second-order valence-corrected chi connectivity index (χ2v) is 18.7. The maximum absolute atomic E-state index is 2.43. The van der Waals surface area contributed by atoms with Crippen molar-refractivity contribution in [2.75, 3.05) is 0 Å². The van der Waals surface area contributed by atoms with Gasteiger partial charge in [0.2, 0.25) is 4.90 Å². The average Bonchev–Trinajstić information content (AvgIpc) is 3.50. The van der Waals surface area contributed by atoms with Crippen LogP contribution in [0.25, 0.3) is 42.8 Å². The minimum absolute atomic E-state index is 1.12. The Morgan fingerprint density at radius 3 is 1.54 bits per heavy atom. The van der Waals surface area contributed by atoms with Crippen molar-refractivity contribution in [3.63, 3.8) is 0 Å². The van der Waals surface area contributed by atoms with E-state index in [9.17, 15) is 0 Å². The van der Waals surface area contributed by atoms with E-state index in [1.165, 1.54) is 101 Å². The number of benzene rings is 8. The summed E-state index contributed by atoms with van der Waals surface area (Å²) < 4.78 is 2.77. The van der Waals surface area contributed by atoms with Gasteiger partial charge in [-0.2, -0.15) is 0 Å². The number of hydrogen-bond donors (Lipinski definition) is 0. The standard InChI is InChI=1S/C46H31S3Si/c1-5-13-38(14-6-1)47-45-43-26-24-35(31-44(43)49-46(45)48-39-15-7-2-8-16-39)32-21-22-33-29-37-30-42(25-23-34(37)28-36(33)27-32)50(40-17-9-3-10-18-40)41-19-11-4-12-20-41/h1-31H/q+1/p+2. The molecule has 9 rings (SSSR count). The molecule has 0 aliphatic heterocycles. The van der Waals surface area contributed by atoms with Crippen LogP contribution in [0.15, 0.2) is 207 Å². The quantitative estimate of drug-likeness (QED) is 0.0485. The lowest BCUT2D eigenvalue weighted by molar-refractivity contribution is 1.37. The molecule has 9 aromatic rings. The fraction of sp³-hybridized carbons (Fsp3) is 0. The van der Waals surface area contributed by atoms with E-state index in [1.54, 1.807) is 0 Å². The van der Waals surface area contributed by atoms with Crippen LogP contribution in [0.4, 0.5) is 0 Å². The highest BCUT2D eigenvalue weighted by molar-refractivity contribution is 7.84. The SMILES string of the molecule is c1ccc([SH+]c2sc3cc(-c4ccc5cc6cc([Si+](c7ccccc7)c7ccccc7)ccc6cc5c4)ccc3c2[SH+]c2ccccc2)cc1. The molecule has 0 radical (unpaired) electrons. The van der Waals surface area contributed by atoms with Gasteiger partial charge in [-0.05, 0) is 124 Å². The average molecular weight is 710 g/mol. The molecule has 0 spiro atoms. The van der Waals surface area contributed by atoms with Crippen LogP contribution in [0, 0.1) is 0 Å². The highest BCUT2D eigenvalue weighted by Gasteiger charge is 2.36. The van der Waals surface area contributed by atoms with Crippen molar-refractivity contribution in [2.24, 2.45) is 0 Å². The molecule has 0 unspecified atom stereocenters. The molecule has 4 heteroatoms. The molecule has 1 heterocycles. The fourth-order valence-corrected chi connectivity index (χ4v) is 13.4. The van der Waals surface area contributed by atoms with Crippen LogP contribution in [0.1, 0.15) is 0 Å². The van der Waals surface area contributed by atoms with Crippen molar-refractivity contribution in [3.05, 3.63) is 188 Å². The summed E-state index contributed by atoms with van der Waals surface area (Å²) in [4.78, 5) is 4.07. The summed E-state index contributed by atoms with van der Waals surface area (Å²) >= 11 is 4.45. The van der Waals surface area contributed by atoms with Crippen molar-refractivity contribution in [1.29, 1.82) is 0 Å². The molecule has 8 aromatic carbocycles. The molecule has 236 valence electrons. The molecule has 0 saturated heterocycles. The summed E-state index contributed by atoms with van der Waals surface area (Å²) in [5.41, 5.74) is 2.52. The van der Waals surface area contributed by atoms with Crippen LogP contribution >= 0.6 is 11.3 Å². The summed E-state index contributed by atoms with van der Waals surface area (Å²) in [7, 11) is -1.12. The Balaban J connectivity index is 1.08. The zero-order valence-electron chi connectivity index (χ0n) is 27.2. The first-order valence-corrected chi connectivity index (χ1v) is 20.9. The van der Waals surface area contributed by atoms with E-state index >= 15 is 0 Å². The second kappa shape index (κ2) is 13.8. The zero-order chi connectivity index (χ0) is 33.3. The molecule has 0 bridgehead atoms. The Morgan fingerprint density at radius 1 is 0.380 bits per heavy atom. The molecular weight excluding hydrogens is 677 g/mol. The van der Waals surface area contributed by atoms with Crippen molar-refractivity contribution in [2.45, 2.75) is 18.9 Å². The smallest absolute Gasteiger partial charge is 0.0801 e. The number of thiol groups is 2. The van der Waals surface area contributed by atoms with E-state index in [-0.39, 0.29) is 0 Å². The second-order valence-electron chi connectivity index (χ2n) is 12.4. The molecule has 0 aliphatic rings. The van der Waals surface area contributed by atoms with Crippen molar-refractivity contribution in [3.8, 4) is 11.1 Å². The van der Waals surface area contributed by atoms with E-state index in [0.29, 0.717) is 0 Å². The third-order valence-corrected chi connectivity index (χ3v) is 15.9. The maximum atomic E-state index is 2.43. The molecule has 0 nitrogen and oxygen atoms in total. The van der Waals surface area contributed by atoms with Crippen molar-refractivity contribution >= 4 is 90.8 Å². The van der Waals surface area contributed by atoms with Gasteiger partial charge in [0.1, 0.15) is 15.6 Å². The third-order valence-electron chi connectivity index (χ3n) is 9.17. The third kappa shape index (κ3) is 6.32. The molecule has 1 aromatic heterocycles. The lowest BCUT2D eigenvalue weighted by Crippen LogP contribution is -2.51. The van der Waals surface area contributed by atoms with Crippen molar-refractivity contribution in [1.82, 2.24) is 0 Å². The van der Waals surface area contributed by atoms with Gasteiger partial charge in [-0.1, -0.05) is 108 Å². The van der Waals surface area contributed by atoms with E-state index in [1.807, 2.05) is 11.3 Å². The first-order valence-electron chi connectivity index (χ1n) is 16.8. The minimum Gasteiger partial charge on any atom is -0.0801 e. The Morgan fingerprint density at radius 2 is 0.900 bits per heavy atom. The predicted molar refractivity (Wildman–Crippen MR) is 223 cm³/mol. The molecule has 0 fully saturated rings. The fourth-order valence-electron chi connectivity index (χ4n) is 6.73. The first kappa shape index (κ1) is 31.2. The Kier molecular flexibility index (Phi) is 8.61.